The molecule has 0 bridgehead atoms. The number of halogens is 1. The molecule has 1 aliphatic carbocycles. The van der Waals surface area contributed by atoms with E-state index in [2.05, 4.69) is 34.9 Å². The van der Waals surface area contributed by atoms with Gasteiger partial charge in [0.05, 0.1) is 21.5 Å². The molecule has 108 valence electrons. The molecule has 1 N–H and O–H groups in total. The van der Waals surface area contributed by atoms with Gasteiger partial charge in [0.15, 0.2) is 0 Å². The highest BCUT2D eigenvalue weighted by Crippen LogP contribution is 2.37. The van der Waals surface area contributed by atoms with Gasteiger partial charge in [-0.25, -0.2) is 0 Å². The standard InChI is InChI=1S/C15H25BrN2O/c1-4-12-6-8-15(19,9-7-12)10-13-14(16)11(3)17-18(13)5-2/h12,19H,4-10H2,1-3H3. The highest BCUT2D eigenvalue weighted by atomic mass is 79.9. The van der Waals surface area contributed by atoms with E-state index in [-0.39, 0.29) is 0 Å². The molecule has 0 radical (unpaired) electrons. The summed E-state index contributed by atoms with van der Waals surface area (Å²) in [5.74, 6) is 0.807. The second kappa shape index (κ2) is 5.96. The van der Waals surface area contributed by atoms with Gasteiger partial charge in [0.2, 0.25) is 0 Å². The topological polar surface area (TPSA) is 38.1 Å². The summed E-state index contributed by atoms with van der Waals surface area (Å²) in [7, 11) is 0. The van der Waals surface area contributed by atoms with Crippen LogP contribution in [0.1, 0.15) is 57.3 Å². The molecule has 1 aliphatic rings. The highest BCUT2D eigenvalue weighted by Gasteiger charge is 2.34. The smallest absolute Gasteiger partial charge is 0.0738 e. The van der Waals surface area contributed by atoms with Gasteiger partial charge in [-0.15, -0.1) is 0 Å². The minimum atomic E-state index is -0.534. The average molecular weight is 329 g/mol. The van der Waals surface area contributed by atoms with Crippen LogP contribution in [-0.2, 0) is 13.0 Å². The molecule has 0 spiro atoms. The lowest BCUT2D eigenvalue weighted by molar-refractivity contribution is -0.0109. The Kier molecular flexibility index (Phi) is 4.72. The molecular formula is C15H25BrN2O. The minimum Gasteiger partial charge on any atom is -0.389 e. The van der Waals surface area contributed by atoms with Gasteiger partial charge in [0, 0.05) is 13.0 Å². The quantitative estimate of drug-likeness (QED) is 0.911. The Bertz CT molecular complexity index is 434. The molecule has 4 heteroatoms. The summed E-state index contributed by atoms with van der Waals surface area (Å²) >= 11 is 3.62. The van der Waals surface area contributed by atoms with Crippen LogP contribution in [0.15, 0.2) is 4.47 Å². The molecule has 0 amide bonds. The van der Waals surface area contributed by atoms with Crippen molar-refractivity contribution >= 4 is 15.9 Å². The van der Waals surface area contributed by atoms with Gasteiger partial charge in [-0.3, -0.25) is 4.68 Å². The Hall–Kier alpha value is -0.350. The fraction of sp³-hybridized carbons (Fsp3) is 0.800. The SMILES string of the molecule is CCC1CCC(O)(Cc2c(Br)c(C)nn2CC)CC1. The molecule has 1 heterocycles. The molecule has 0 saturated heterocycles. The van der Waals surface area contributed by atoms with E-state index in [1.165, 1.54) is 6.42 Å². The van der Waals surface area contributed by atoms with Gasteiger partial charge >= 0.3 is 0 Å². The first-order chi connectivity index (χ1) is 8.99. The third kappa shape index (κ3) is 3.22. The van der Waals surface area contributed by atoms with Crippen LogP contribution in [0, 0.1) is 12.8 Å². The third-order valence-electron chi connectivity index (χ3n) is 4.56. The summed E-state index contributed by atoms with van der Waals surface area (Å²) in [5, 5.41) is 15.3. The molecule has 1 aromatic rings. The van der Waals surface area contributed by atoms with Gasteiger partial charge in [0.1, 0.15) is 0 Å². The van der Waals surface area contributed by atoms with E-state index >= 15 is 0 Å². The van der Waals surface area contributed by atoms with Crippen molar-refractivity contribution in [2.75, 3.05) is 0 Å². The van der Waals surface area contributed by atoms with E-state index in [0.717, 1.165) is 60.4 Å². The molecule has 1 saturated carbocycles. The fourth-order valence-corrected chi connectivity index (χ4v) is 3.57. The number of rotatable bonds is 4. The molecule has 19 heavy (non-hydrogen) atoms. The Labute approximate surface area is 124 Å². The van der Waals surface area contributed by atoms with Crippen molar-refractivity contribution < 1.29 is 5.11 Å². The molecule has 3 nitrogen and oxygen atoms in total. The Morgan fingerprint density at radius 1 is 1.37 bits per heavy atom. The number of aromatic nitrogens is 2. The van der Waals surface area contributed by atoms with Crippen molar-refractivity contribution in [3.63, 3.8) is 0 Å². The molecular weight excluding hydrogens is 304 g/mol. The lowest BCUT2D eigenvalue weighted by Gasteiger charge is -2.36. The molecule has 0 aromatic carbocycles. The summed E-state index contributed by atoms with van der Waals surface area (Å²) in [6.45, 7) is 7.22. The van der Waals surface area contributed by atoms with Crippen LogP contribution in [0.5, 0.6) is 0 Å². The van der Waals surface area contributed by atoms with Crippen molar-refractivity contribution in [1.82, 2.24) is 9.78 Å². The maximum Gasteiger partial charge on any atom is 0.0738 e. The zero-order valence-corrected chi connectivity index (χ0v) is 13.8. The van der Waals surface area contributed by atoms with Crippen LogP contribution in [0.4, 0.5) is 0 Å². The maximum absolute atomic E-state index is 10.8. The molecule has 0 aliphatic heterocycles. The van der Waals surface area contributed by atoms with Crippen LogP contribution >= 0.6 is 15.9 Å². The van der Waals surface area contributed by atoms with E-state index < -0.39 is 5.60 Å². The van der Waals surface area contributed by atoms with E-state index in [4.69, 9.17) is 0 Å². The van der Waals surface area contributed by atoms with Gasteiger partial charge < -0.3 is 5.11 Å². The maximum atomic E-state index is 10.8. The first-order valence-electron chi connectivity index (χ1n) is 7.43. The van der Waals surface area contributed by atoms with Crippen molar-refractivity contribution in [2.45, 2.75) is 71.4 Å². The molecule has 0 unspecified atom stereocenters. The number of hydrogen-bond donors (Lipinski definition) is 1. The third-order valence-corrected chi connectivity index (χ3v) is 5.59. The number of nitrogens with zero attached hydrogens (tertiary/aromatic N) is 2. The Balaban J connectivity index is 2.13. The largest absolute Gasteiger partial charge is 0.389 e. The van der Waals surface area contributed by atoms with Crippen LogP contribution in [0.3, 0.4) is 0 Å². The van der Waals surface area contributed by atoms with Crippen molar-refractivity contribution in [3.8, 4) is 0 Å². The summed E-state index contributed by atoms with van der Waals surface area (Å²) in [6, 6.07) is 0. The lowest BCUT2D eigenvalue weighted by atomic mass is 9.76. The molecule has 1 aromatic heterocycles. The average Bonchev–Trinajstić information content (AvgIpc) is 2.67. The van der Waals surface area contributed by atoms with Gasteiger partial charge in [-0.1, -0.05) is 13.3 Å². The normalized spacial score (nSPS) is 27.7. The highest BCUT2D eigenvalue weighted by molar-refractivity contribution is 9.10. The predicted molar refractivity (Wildman–Crippen MR) is 81.2 cm³/mol. The fourth-order valence-electron chi connectivity index (χ4n) is 3.15. The monoisotopic (exact) mass is 328 g/mol. The van der Waals surface area contributed by atoms with Crippen LogP contribution in [-0.4, -0.2) is 20.5 Å². The van der Waals surface area contributed by atoms with Crippen molar-refractivity contribution in [1.29, 1.82) is 0 Å². The van der Waals surface area contributed by atoms with E-state index in [9.17, 15) is 5.11 Å². The Morgan fingerprint density at radius 2 is 2.00 bits per heavy atom. The van der Waals surface area contributed by atoms with Crippen LogP contribution < -0.4 is 0 Å². The molecule has 2 rings (SSSR count). The first kappa shape index (κ1) is 15.0. The lowest BCUT2D eigenvalue weighted by Crippen LogP contribution is -2.37. The van der Waals surface area contributed by atoms with E-state index in [1.54, 1.807) is 0 Å². The van der Waals surface area contributed by atoms with Crippen molar-refractivity contribution in [3.05, 3.63) is 15.9 Å². The van der Waals surface area contributed by atoms with Crippen LogP contribution in [0.25, 0.3) is 0 Å². The van der Waals surface area contributed by atoms with Crippen molar-refractivity contribution in [2.24, 2.45) is 5.92 Å². The summed E-state index contributed by atoms with van der Waals surface area (Å²) in [4.78, 5) is 0. The summed E-state index contributed by atoms with van der Waals surface area (Å²) in [6.07, 6.45) is 6.12. The van der Waals surface area contributed by atoms with Gasteiger partial charge in [-0.2, -0.15) is 5.10 Å². The first-order valence-corrected chi connectivity index (χ1v) is 8.22. The summed E-state index contributed by atoms with van der Waals surface area (Å²) < 4.78 is 3.09. The zero-order valence-electron chi connectivity index (χ0n) is 12.2. The summed E-state index contributed by atoms with van der Waals surface area (Å²) in [5.41, 5.74) is 1.63. The minimum absolute atomic E-state index is 0.534. The second-order valence-corrected chi connectivity index (χ2v) is 6.71. The van der Waals surface area contributed by atoms with Gasteiger partial charge in [0.25, 0.3) is 0 Å². The van der Waals surface area contributed by atoms with E-state index in [0.29, 0.717) is 0 Å². The second-order valence-electron chi connectivity index (χ2n) is 5.91. The van der Waals surface area contributed by atoms with E-state index in [1.807, 2.05) is 11.6 Å². The Morgan fingerprint density at radius 3 is 2.53 bits per heavy atom. The number of aliphatic hydroxyl groups is 1. The number of aryl methyl sites for hydroxylation is 2. The van der Waals surface area contributed by atoms with Crippen LogP contribution in [0.2, 0.25) is 0 Å². The number of hydrogen-bond acceptors (Lipinski definition) is 2. The predicted octanol–water partition coefficient (Wildman–Crippen LogP) is 3.85. The van der Waals surface area contributed by atoms with Gasteiger partial charge in [-0.05, 0) is 61.4 Å². The zero-order chi connectivity index (χ0) is 14.0. The molecule has 0 atom stereocenters. The molecule has 1 fully saturated rings.